The van der Waals surface area contributed by atoms with Crippen molar-refractivity contribution < 1.29 is 29.1 Å². The molecule has 1 unspecified atom stereocenters. The average molecular weight is 461 g/mol. The standard InChI is InChI=1S/C25H23N3O6/c1-28(21-8-10-23(31)27-24(21)32)14-20-12-17(5-7-19(20)15-29)13-26-22(30)9-6-16-3-2-4-18(11-16)25(33)34/h2-5,7,11-12,15,21H,8,10,13-14H2,1H3,(H,26,30)(H,33,34)(H,27,31,32). The number of nitrogens with zero attached hydrogens (tertiary/aromatic N) is 1. The van der Waals surface area contributed by atoms with Crippen molar-refractivity contribution in [2.24, 2.45) is 0 Å². The van der Waals surface area contributed by atoms with Gasteiger partial charge in [-0.3, -0.25) is 29.4 Å². The van der Waals surface area contributed by atoms with Crippen LogP contribution >= 0.6 is 0 Å². The molecule has 1 fully saturated rings. The second kappa shape index (κ2) is 11.0. The predicted octanol–water partition coefficient (Wildman–Crippen LogP) is 1.10. The number of hydrogen-bond acceptors (Lipinski definition) is 6. The lowest BCUT2D eigenvalue weighted by molar-refractivity contribution is -0.137. The van der Waals surface area contributed by atoms with Crippen LogP contribution in [-0.2, 0) is 27.5 Å². The first kappa shape index (κ1) is 24.4. The monoisotopic (exact) mass is 461 g/mol. The molecule has 2 aromatic carbocycles. The van der Waals surface area contributed by atoms with E-state index in [4.69, 9.17) is 5.11 Å². The zero-order valence-corrected chi connectivity index (χ0v) is 18.5. The van der Waals surface area contributed by atoms with E-state index in [2.05, 4.69) is 22.5 Å². The van der Waals surface area contributed by atoms with E-state index in [0.717, 1.165) is 11.8 Å². The number of benzene rings is 2. The van der Waals surface area contributed by atoms with E-state index in [1.54, 1.807) is 42.3 Å². The minimum Gasteiger partial charge on any atom is -0.478 e. The van der Waals surface area contributed by atoms with E-state index in [1.807, 2.05) is 0 Å². The normalized spacial score (nSPS) is 15.2. The highest BCUT2D eigenvalue weighted by Crippen LogP contribution is 2.17. The Morgan fingerprint density at radius 1 is 1.24 bits per heavy atom. The van der Waals surface area contributed by atoms with Crippen LogP contribution in [0.3, 0.4) is 0 Å². The van der Waals surface area contributed by atoms with Gasteiger partial charge in [0.2, 0.25) is 11.8 Å². The summed E-state index contributed by atoms with van der Waals surface area (Å²) in [7, 11) is 1.75. The molecule has 0 radical (unpaired) electrons. The fraction of sp³-hybridized carbons (Fsp3) is 0.240. The highest BCUT2D eigenvalue weighted by atomic mass is 16.4. The fourth-order valence-corrected chi connectivity index (χ4v) is 3.59. The maximum absolute atomic E-state index is 12.1. The molecular weight excluding hydrogens is 438 g/mol. The molecule has 0 aromatic heterocycles. The lowest BCUT2D eigenvalue weighted by Crippen LogP contribution is -2.51. The summed E-state index contributed by atoms with van der Waals surface area (Å²) in [5.74, 6) is 2.79. The van der Waals surface area contributed by atoms with Crippen molar-refractivity contribution in [2.45, 2.75) is 32.0 Å². The summed E-state index contributed by atoms with van der Waals surface area (Å²) in [4.78, 5) is 59.9. The molecule has 174 valence electrons. The zero-order chi connectivity index (χ0) is 24.7. The average Bonchev–Trinajstić information content (AvgIpc) is 2.81. The molecule has 3 rings (SSSR count). The summed E-state index contributed by atoms with van der Waals surface area (Å²) >= 11 is 0. The number of hydrogen-bond donors (Lipinski definition) is 3. The van der Waals surface area contributed by atoms with Crippen LogP contribution in [0.4, 0.5) is 0 Å². The Labute approximate surface area is 196 Å². The molecule has 0 bridgehead atoms. The third-order valence-electron chi connectivity index (χ3n) is 5.38. The lowest BCUT2D eigenvalue weighted by atomic mass is 10.0. The molecular formula is C25H23N3O6. The number of aldehydes is 1. The van der Waals surface area contributed by atoms with Gasteiger partial charge in [0.1, 0.15) is 6.29 Å². The third kappa shape index (κ3) is 6.37. The summed E-state index contributed by atoms with van der Waals surface area (Å²) in [6.07, 6.45) is 1.39. The van der Waals surface area contributed by atoms with E-state index in [9.17, 15) is 24.0 Å². The number of aromatic carboxylic acids is 1. The van der Waals surface area contributed by atoms with Crippen molar-refractivity contribution in [1.29, 1.82) is 0 Å². The summed E-state index contributed by atoms with van der Waals surface area (Å²) in [6, 6.07) is 10.6. The SMILES string of the molecule is CN(Cc1cc(CNC(=O)C#Cc2cccc(C(=O)O)c2)ccc1C=O)C1CCC(=O)NC1=O. The molecule has 3 N–H and O–H groups in total. The van der Waals surface area contributed by atoms with Crippen LogP contribution in [0.15, 0.2) is 42.5 Å². The van der Waals surface area contributed by atoms with Crippen LogP contribution in [0, 0.1) is 11.8 Å². The molecule has 0 saturated carbocycles. The molecule has 9 heteroatoms. The minimum absolute atomic E-state index is 0.0808. The number of amides is 3. The van der Waals surface area contributed by atoms with Crippen LogP contribution in [-0.4, -0.2) is 53.1 Å². The highest BCUT2D eigenvalue weighted by Gasteiger charge is 2.30. The largest absolute Gasteiger partial charge is 0.478 e. The van der Waals surface area contributed by atoms with Crippen LogP contribution in [0.1, 0.15) is 50.2 Å². The minimum atomic E-state index is -1.08. The van der Waals surface area contributed by atoms with Crippen molar-refractivity contribution in [3.8, 4) is 11.8 Å². The van der Waals surface area contributed by atoms with Crippen LogP contribution in [0.5, 0.6) is 0 Å². The first-order valence-corrected chi connectivity index (χ1v) is 10.5. The molecule has 2 aromatic rings. The molecule has 34 heavy (non-hydrogen) atoms. The van der Waals surface area contributed by atoms with E-state index in [0.29, 0.717) is 29.7 Å². The van der Waals surface area contributed by atoms with Crippen molar-refractivity contribution in [2.75, 3.05) is 7.05 Å². The second-order valence-corrected chi connectivity index (χ2v) is 7.85. The van der Waals surface area contributed by atoms with Crippen LogP contribution in [0.25, 0.3) is 0 Å². The Balaban J connectivity index is 1.64. The maximum Gasteiger partial charge on any atom is 0.335 e. The van der Waals surface area contributed by atoms with E-state index in [1.165, 1.54) is 12.1 Å². The number of imide groups is 1. The van der Waals surface area contributed by atoms with Crippen molar-refractivity contribution in [3.05, 3.63) is 70.3 Å². The van der Waals surface area contributed by atoms with E-state index < -0.39 is 17.9 Å². The molecule has 1 saturated heterocycles. The van der Waals surface area contributed by atoms with Gasteiger partial charge in [0.25, 0.3) is 5.91 Å². The molecule has 9 nitrogen and oxygen atoms in total. The Bertz CT molecular complexity index is 1210. The van der Waals surface area contributed by atoms with Gasteiger partial charge in [-0.2, -0.15) is 0 Å². The maximum atomic E-state index is 12.1. The lowest BCUT2D eigenvalue weighted by Gasteiger charge is -2.30. The number of carbonyl (C=O) groups excluding carboxylic acids is 4. The quantitative estimate of drug-likeness (QED) is 0.320. The van der Waals surface area contributed by atoms with Gasteiger partial charge in [-0.15, -0.1) is 0 Å². The zero-order valence-electron chi connectivity index (χ0n) is 18.5. The van der Waals surface area contributed by atoms with Crippen molar-refractivity contribution >= 4 is 30.0 Å². The number of carboxylic acids is 1. The summed E-state index contributed by atoms with van der Waals surface area (Å²) < 4.78 is 0. The van der Waals surface area contributed by atoms with E-state index in [-0.39, 0.29) is 30.3 Å². The number of carboxylic acid groups (broad SMARTS) is 1. The molecule has 3 amide bonds. The fourth-order valence-electron chi connectivity index (χ4n) is 3.59. The Kier molecular flexibility index (Phi) is 7.90. The van der Waals surface area contributed by atoms with Gasteiger partial charge >= 0.3 is 5.97 Å². The first-order chi connectivity index (χ1) is 16.3. The third-order valence-corrected chi connectivity index (χ3v) is 5.38. The van der Waals surface area contributed by atoms with Crippen molar-refractivity contribution in [3.63, 3.8) is 0 Å². The second-order valence-electron chi connectivity index (χ2n) is 7.85. The van der Waals surface area contributed by atoms with Gasteiger partial charge in [-0.1, -0.05) is 30.2 Å². The van der Waals surface area contributed by atoms with Gasteiger partial charge in [0.05, 0.1) is 11.6 Å². The summed E-state index contributed by atoms with van der Waals surface area (Å²) in [5.41, 5.74) is 2.37. The molecule has 0 aliphatic carbocycles. The molecule has 0 spiro atoms. The first-order valence-electron chi connectivity index (χ1n) is 10.5. The van der Waals surface area contributed by atoms with Gasteiger partial charge in [-0.25, -0.2) is 4.79 Å². The number of rotatable bonds is 7. The number of likely N-dealkylation sites (N-methyl/N-ethyl adjacent to an activating group) is 1. The van der Waals surface area contributed by atoms with E-state index >= 15 is 0 Å². The predicted molar refractivity (Wildman–Crippen MR) is 122 cm³/mol. The number of carbonyl (C=O) groups is 5. The van der Waals surface area contributed by atoms with Gasteiger partial charge in [0, 0.05) is 36.6 Å². The number of nitrogens with one attached hydrogen (secondary N) is 2. The molecule has 1 atom stereocenters. The summed E-state index contributed by atoms with van der Waals surface area (Å²) in [5, 5.41) is 14.0. The van der Waals surface area contributed by atoms with Gasteiger partial charge in [-0.05, 0) is 42.8 Å². The van der Waals surface area contributed by atoms with Crippen LogP contribution in [0.2, 0.25) is 0 Å². The number of piperidine rings is 1. The van der Waals surface area contributed by atoms with Gasteiger partial charge in [0.15, 0.2) is 0 Å². The van der Waals surface area contributed by atoms with Crippen molar-refractivity contribution in [1.82, 2.24) is 15.5 Å². The molecule has 1 aliphatic heterocycles. The van der Waals surface area contributed by atoms with Crippen LogP contribution < -0.4 is 10.6 Å². The Hall–Kier alpha value is -4.29. The topological polar surface area (TPSA) is 133 Å². The Morgan fingerprint density at radius 3 is 2.74 bits per heavy atom. The Morgan fingerprint density at radius 2 is 2.03 bits per heavy atom. The molecule has 1 aliphatic rings. The summed E-state index contributed by atoms with van der Waals surface area (Å²) in [6.45, 7) is 0.471. The molecule has 1 heterocycles. The smallest absolute Gasteiger partial charge is 0.335 e. The highest BCUT2D eigenvalue weighted by molar-refractivity contribution is 6.00. The van der Waals surface area contributed by atoms with Gasteiger partial charge < -0.3 is 10.4 Å².